The molecule has 1 radical (unpaired) electrons. The molecule has 0 N–H and O–H groups in total. The van der Waals surface area contributed by atoms with Gasteiger partial charge < -0.3 is 4.74 Å². The van der Waals surface area contributed by atoms with E-state index in [0.29, 0.717) is 6.61 Å². The minimum atomic E-state index is -1.13. The average Bonchev–Trinajstić information content (AvgIpc) is 2.06. The van der Waals surface area contributed by atoms with E-state index in [1.165, 1.54) is 19.3 Å². The molecular formula is C10H19O2. The van der Waals surface area contributed by atoms with Gasteiger partial charge in [0, 0.05) is 12.5 Å². The van der Waals surface area contributed by atoms with Gasteiger partial charge >= 0.3 is 0 Å². The summed E-state index contributed by atoms with van der Waals surface area (Å²) in [5.74, 6) is -0.888. The molecule has 0 aromatic carbocycles. The SMILES string of the molecule is CCOC(C)([O])C1CCCCC1. The van der Waals surface area contributed by atoms with E-state index in [4.69, 9.17) is 4.74 Å². The molecule has 0 saturated heterocycles. The molecule has 71 valence electrons. The summed E-state index contributed by atoms with van der Waals surface area (Å²) in [6.45, 7) is 4.11. The molecule has 0 amide bonds. The number of rotatable bonds is 3. The van der Waals surface area contributed by atoms with Gasteiger partial charge in [0.1, 0.15) is 0 Å². The highest BCUT2D eigenvalue weighted by molar-refractivity contribution is 4.76. The molecule has 0 aliphatic heterocycles. The molecule has 1 fully saturated rings. The maximum atomic E-state index is 11.8. The Kier molecular flexibility index (Phi) is 3.53. The van der Waals surface area contributed by atoms with Crippen LogP contribution in [-0.2, 0) is 9.84 Å². The highest BCUT2D eigenvalue weighted by Crippen LogP contribution is 2.33. The van der Waals surface area contributed by atoms with Crippen LogP contribution in [0.15, 0.2) is 0 Å². The van der Waals surface area contributed by atoms with Crippen LogP contribution in [0.5, 0.6) is 0 Å². The Morgan fingerprint density at radius 3 is 2.42 bits per heavy atom. The zero-order chi connectivity index (χ0) is 9.03. The highest BCUT2D eigenvalue weighted by Gasteiger charge is 2.34. The molecule has 12 heavy (non-hydrogen) atoms. The summed E-state index contributed by atoms with van der Waals surface area (Å²) < 4.78 is 5.21. The Bertz CT molecular complexity index is 126. The zero-order valence-corrected chi connectivity index (χ0v) is 8.14. The lowest BCUT2D eigenvalue weighted by Gasteiger charge is -2.32. The fraction of sp³-hybridized carbons (Fsp3) is 1.00. The van der Waals surface area contributed by atoms with E-state index >= 15 is 0 Å². The van der Waals surface area contributed by atoms with Crippen LogP contribution in [0.3, 0.4) is 0 Å². The molecule has 2 heteroatoms. The Balaban J connectivity index is 2.41. The second kappa shape index (κ2) is 4.24. The predicted molar refractivity (Wildman–Crippen MR) is 47.3 cm³/mol. The fourth-order valence-corrected chi connectivity index (χ4v) is 2.03. The summed E-state index contributed by atoms with van der Waals surface area (Å²) in [7, 11) is 0. The molecule has 0 heterocycles. The van der Waals surface area contributed by atoms with Crippen LogP contribution in [0.1, 0.15) is 46.0 Å². The second-order valence-electron chi connectivity index (χ2n) is 3.78. The van der Waals surface area contributed by atoms with E-state index < -0.39 is 5.79 Å². The minimum absolute atomic E-state index is 0.242. The maximum Gasteiger partial charge on any atom is 0.201 e. The van der Waals surface area contributed by atoms with E-state index in [9.17, 15) is 5.11 Å². The lowest BCUT2D eigenvalue weighted by Crippen LogP contribution is -2.37. The molecule has 1 atom stereocenters. The Morgan fingerprint density at radius 2 is 1.92 bits per heavy atom. The molecule has 0 aromatic heterocycles. The standard InChI is InChI=1S/C10H19O2/c1-3-12-10(2,11)9-7-5-4-6-8-9/h9H,3-8H2,1-2H3. The fourth-order valence-electron chi connectivity index (χ4n) is 2.03. The van der Waals surface area contributed by atoms with Crippen molar-refractivity contribution in [1.82, 2.24) is 0 Å². The highest BCUT2D eigenvalue weighted by atomic mass is 16.6. The Labute approximate surface area is 74.9 Å². The molecule has 1 aliphatic rings. The number of ether oxygens (including phenoxy) is 1. The van der Waals surface area contributed by atoms with Gasteiger partial charge in [0.2, 0.25) is 5.79 Å². The molecule has 2 nitrogen and oxygen atoms in total. The van der Waals surface area contributed by atoms with Crippen LogP contribution >= 0.6 is 0 Å². The summed E-state index contributed by atoms with van der Waals surface area (Å²) in [6.07, 6.45) is 5.81. The van der Waals surface area contributed by atoms with Crippen LogP contribution in [0, 0.1) is 5.92 Å². The van der Waals surface area contributed by atoms with Crippen LogP contribution in [0.4, 0.5) is 0 Å². The van der Waals surface area contributed by atoms with E-state index in [2.05, 4.69) is 0 Å². The van der Waals surface area contributed by atoms with Gasteiger partial charge in [-0.05, 0) is 26.7 Å². The quantitative estimate of drug-likeness (QED) is 0.600. The first-order valence-corrected chi connectivity index (χ1v) is 5.01. The van der Waals surface area contributed by atoms with Crippen molar-refractivity contribution in [2.24, 2.45) is 5.92 Å². The van der Waals surface area contributed by atoms with Crippen LogP contribution < -0.4 is 0 Å². The van der Waals surface area contributed by atoms with Gasteiger partial charge in [0.15, 0.2) is 0 Å². The van der Waals surface area contributed by atoms with Crippen molar-refractivity contribution in [3.8, 4) is 0 Å². The average molecular weight is 171 g/mol. The molecule has 1 unspecified atom stereocenters. The van der Waals surface area contributed by atoms with Crippen LogP contribution in [0.2, 0.25) is 0 Å². The van der Waals surface area contributed by atoms with Crippen molar-refractivity contribution in [3.05, 3.63) is 0 Å². The first kappa shape index (κ1) is 10.0. The van der Waals surface area contributed by atoms with E-state index in [1.54, 1.807) is 6.92 Å². The van der Waals surface area contributed by atoms with E-state index in [1.807, 2.05) is 6.92 Å². The molecule has 1 aliphatic carbocycles. The molecule has 1 rings (SSSR count). The van der Waals surface area contributed by atoms with Gasteiger partial charge in [-0.3, -0.25) is 0 Å². The third kappa shape index (κ3) is 2.46. The third-order valence-electron chi connectivity index (χ3n) is 2.78. The van der Waals surface area contributed by atoms with Crippen molar-refractivity contribution in [1.29, 1.82) is 0 Å². The normalized spacial score (nSPS) is 25.2. The Morgan fingerprint density at radius 1 is 1.33 bits per heavy atom. The van der Waals surface area contributed by atoms with Crippen LogP contribution in [0.25, 0.3) is 0 Å². The lowest BCUT2D eigenvalue weighted by molar-refractivity contribution is -0.262. The van der Waals surface area contributed by atoms with Gasteiger partial charge in [-0.2, -0.15) is 5.11 Å². The van der Waals surface area contributed by atoms with E-state index in [0.717, 1.165) is 12.8 Å². The summed E-state index contributed by atoms with van der Waals surface area (Å²) >= 11 is 0. The van der Waals surface area contributed by atoms with Gasteiger partial charge in [0.05, 0.1) is 0 Å². The Hall–Kier alpha value is -0.0800. The summed E-state index contributed by atoms with van der Waals surface area (Å²) in [4.78, 5) is 0. The summed E-state index contributed by atoms with van der Waals surface area (Å²) in [5, 5.41) is 11.8. The minimum Gasteiger partial charge on any atom is -0.348 e. The van der Waals surface area contributed by atoms with Crippen molar-refractivity contribution in [2.45, 2.75) is 51.7 Å². The molecule has 0 bridgehead atoms. The number of hydrogen-bond acceptors (Lipinski definition) is 1. The van der Waals surface area contributed by atoms with Crippen molar-refractivity contribution >= 4 is 0 Å². The van der Waals surface area contributed by atoms with Gasteiger partial charge in [-0.1, -0.05) is 19.3 Å². The smallest absolute Gasteiger partial charge is 0.201 e. The van der Waals surface area contributed by atoms with Gasteiger partial charge in [0.25, 0.3) is 0 Å². The number of hydrogen-bond donors (Lipinski definition) is 0. The predicted octanol–water partition coefficient (Wildman–Crippen LogP) is 2.75. The molecule has 0 spiro atoms. The summed E-state index contributed by atoms with van der Waals surface area (Å²) in [6, 6.07) is 0. The molecule has 1 saturated carbocycles. The monoisotopic (exact) mass is 171 g/mol. The van der Waals surface area contributed by atoms with Gasteiger partial charge in [-0.15, -0.1) is 0 Å². The lowest BCUT2D eigenvalue weighted by atomic mass is 9.84. The van der Waals surface area contributed by atoms with Crippen molar-refractivity contribution in [2.75, 3.05) is 6.61 Å². The summed E-state index contributed by atoms with van der Waals surface area (Å²) in [5.41, 5.74) is 0. The molecule has 0 aromatic rings. The largest absolute Gasteiger partial charge is 0.348 e. The zero-order valence-electron chi connectivity index (χ0n) is 8.14. The van der Waals surface area contributed by atoms with Gasteiger partial charge in [-0.25, -0.2) is 0 Å². The first-order valence-electron chi connectivity index (χ1n) is 5.01. The van der Waals surface area contributed by atoms with Crippen LogP contribution in [-0.4, -0.2) is 12.4 Å². The first-order chi connectivity index (χ1) is 5.67. The van der Waals surface area contributed by atoms with Crippen molar-refractivity contribution in [3.63, 3.8) is 0 Å². The maximum absolute atomic E-state index is 11.8. The van der Waals surface area contributed by atoms with Crippen molar-refractivity contribution < 1.29 is 9.84 Å². The topological polar surface area (TPSA) is 29.1 Å². The molecular weight excluding hydrogens is 152 g/mol. The third-order valence-corrected chi connectivity index (χ3v) is 2.78. The second-order valence-corrected chi connectivity index (χ2v) is 3.78. The van der Waals surface area contributed by atoms with E-state index in [-0.39, 0.29) is 5.92 Å².